The van der Waals surface area contributed by atoms with E-state index in [9.17, 15) is 19.5 Å². The average molecular weight is 588 g/mol. The number of halogens is 2. The standard InChI is InChI=1S/C31H36Cl2N2O5/c1-5-6-13-27(30(38)34-26(17-28(36)37)21-9-7-11-24(16-21)40-19(2)3)35-18-20(4)14-23(31(35)39)15-22-10-8-12-25(32)29(22)33/h7-12,14,16,18-19,26-27H,5-6,13,15,17H2,1-4H3,(H,34,38)(H,36,37)/t26-,27?/m0/s1. The van der Waals surface area contributed by atoms with Crippen LogP contribution in [0.5, 0.6) is 5.75 Å². The molecule has 7 nitrogen and oxygen atoms in total. The molecule has 1 aromatic heterocycles. The number of rotatable bonds is 13. The highest BCUT2D eigenvalue weighted by Gasteiger charge is 2.27. The fourth-order valence-corrected chi connectivity index (χ4v) is 5.02. The Bertz CT molecular complexity index is 1400. The second-order valence-corrected chi connectivity index (χ2v) is 11.0. The summed E-state index contributed by atoms with van der Waals surface area (Å²) < 4.78 is 7.23. The van der Waals surface area contributed by atoms with E-state index in [0.717, 1.165) is 12.0 Å². The Kier molecular flexibility index (Phi) is 11.2. The lowest BCUT2D eigenvalue weighted by Gasteiger charge is -2.25. The molecule has 3 rings (SSSR count). The van der Waals surface area contributed by atoms with Gasteiger partial charge in [0.05, 0.1) is 28.6 Å². The third kappa shape index (κ3) is 8.35. The SMILES string of the molecule is CCCCC(C(=O)N[C@@H](CC(=O)O)c1cccc(OC(C)C)c1)n1cc(C)cc(Cc2cccc(Cl)c2Cl)c1=O. The van der Waals surface area contributed by atoms with Crippen LogP contribution in [0, 0.1) is 6.92 Å². The highest BCUT2D eigenvalue weighted by Crippen LogP contribution is 2.28. The number of aryl methyl sites for hydroxylation is 1. The maximum absolute atomic E-state index is 13.8. The molecule has 0 bridgehead atoms. The fraction of sp³-hybridized carbons (Fsp3) is 0.387. The number of ether oxygens (including phenoxy) is 1. The van der Waals surface area contributed by atoms with Crippen LogP contribution in [0.25, 0.3) is 0 Å². The van der Waals surface area contributed by atoms with Gasteiger partial charge in [-0.3, -0.25) is 14.4 Å². The Hall–Kier alpha value is -3.29. The molecular formula is C31H36Cl2N2O5. The third-order valence-electron chi connectivity index (χ3n) is 6.46. The number of nitrogens with zero attached hydrogens (tertiary/aromatic N) is 1. The van der Waals surface area contributed by atoms with Crippen LogP contribution >= 0.6 is 23.2 Å². The largest absolute Gasteiger partial charge is 0.491 e. The number of unbranched alkanes of at least 4 members (excludes halogenated alkanes) is 1. The summed E-state index contributed by atoms with van der Waals surface area (Å²) in [6.07, 6.45) is 3.49. The van der Waals surface area contributed by atoms with Crippen molar-refractivity contribution < 1.29 is 19.4 Å². The Morgan fingerprint density at radius 2 is 1.80 bits per heavy atom. The van der Waals surface area contributed by atoms with E-state index in [-0.39, 0.29) is 24.5 Å². The van der Waals surface area contributed by atoms with Crippen molar-refractivity contribution >= 4 is 35.1 Å². The Labute approximate surface area is 245 Å². The first-order chi connectivity index (χ1) is 19.0. The summed E-state index contributed by atoms with van der Waals surface area (Å²) in [5.41, 5.74) is 2.31. The number of benzene rings is 2. The molecule has 2 aromatic carbocycles. The van der Waals surface area contributed by atoms with Crippen molar-refractivity contribution in [1.29, 1.82) is 0 Å². The van der Waals surface area contributed by atoms with Crippen molar-refractivity contribution in [1.82, 2.24) is 9.88 Å². The molecule has 2 N–H and O–H groups in total. The predicted octanol–water partition coefficient (Wildman–Crippen LogP) is 6.91. The average Bonchev–Trinajstić information content (AvgIpc) is 2.88. The number of amides is 1. The monoisotopic (exact) mass is 586 g/mol. The quantitative estimate of drug-likeness (QED) is 0.227. The zero-order valence-electron chi connectivity index (χ0n) is 23.2. The van der Waals surface area contributed by atoms with Crippen molar-refractivity contribution in [2.24, 2.45) is 0 Å². The van der Waals surface area contributed by atoms with Crippen LogP contribution in [0.1, 0.15) is 80.8 Å². The number of aliphatic carboxylic acids is 1. The first kappa shape index (κ1) is 31.2. The van der Waals surface area contributed by atoms with Crippen molar-refractivity contribution in [2.75, 3.05) is 0 Å². The van der Waals surface area contributed by atoms with Gasteiger partial charge in [0.2, 0.25) is 5.91 Å². The number of carboxylic acid groups (broad SMARTS) is 1. The molecule has 0 aliphatic carbocycles. The highest BCUT2D eigenvalue weighted by atomic mass is 35.5. The Morgan fingerprint density at radius 3 is 2.48 bits per heavy atom. The third-order valence-corrected chi connectivity index (χ3v) is 7.32. The minimum absolute atomic E-state index is 0.0645. The number of nitrogens with one attached hydrogen (secondary N) is 1. The summed E-state index contributed by atoms with van der Waals surface area (Å²) in [5, 5.41) is 13.3. The molecular weight excluding hydrogens is 551 g/mol. The van der Waals surface area contributed by atoms with Gasteiger partial charge in [-0.15, -0.1) is 0 Å². The molecule has 0 saturated carbocycles. The van der Waals surface area contributed by atoms with Crippen molar-refractivity contribution in [3.8, 4) is 5.75 Å². The molecule has 0 saturated heterocycles. The molecule has 40 heavy (non-hydrogen) atoms. The lowest BCUT2D eigenvalue weighted by molar-refractivity contribution is -0.138. The number of carbonyl (C=O) groups is 2. The number of pyridine rings is 1. The van der Waals surface area contributed by atoms with E-state index in [0.29, 0.717) is 45.3 Å². The van der Waals surface area contributed by atoms with E-state index >= 15 is 0 Å². The van der Waals surface area contributed by atoms with Gasteiger partial charge in [0, 0.05) is 18.2 Å². The van der Waals surface area contributed by atoms with Gasteiger partial charge in [-0.05, 0) is 68.1 Å². The summed E-state index contributed by atoms with van der Waals surface area (Å²) in [6.45, 7) is 7.67. The molecule has 9 heteroatoms. The zero-order chi connectivity index (χ0) is 29.4. The summed E-state index contributed by atoms with van der Waals surface area (Å²) >= 11 is 12.6. The summed E-state index contributed by atoms with van der Waals surface area (Å²) in [5.74, 6) is -0.896. The summed E-state index contributed by atoms with van der Waals surface area (Å²) in [6, 6.07) is 12.5. The number of hydrogen-bond donors (Lipinski definition) is 2. The van der Waals surface area contributed by atoms with Crippen LogP contribution in [-0.2, 0) is 16.0 Å². The molecule has 0 aliphatic rings. The first-order valence-corrected chi connectivity index (χ1v) is 14.2. The lowest BCUT2D eigenvalue weighted by atomic mass is 10.0. The van der Waals surface area contributed by atoms with Gasteiger partial charge >= 0.3 is 5.97 Å². The van der Waals surface area contributed by atoms with E-state index < -0.39 is 24.0 Å². The molecule has 0 spiro atoms. The van der Waals surface area contributed by atoms with Gasteiger partial charge in [-0.25, -0.2) is 0 Å². The van der Waals surface area contributed by atoms with E-state index in [1.165, 1.54) is 4.57 Å². The van der Waals surface area contributed by atoms with Gasteiger partial charge in [-0.2, -0.15) is 0 Å². The van der Waals surface area contributed by atoms with E-state index in [1.807, 2.05) is 33.8 Å². The number of carbonyl (C=O) groups excluding carboxylic acids is 1. The zero-order valence-corrected chi connectivity index (χ0v) is 24.8. The Morgan fingerprint density at radius 1 is 1.07 bits per heavy atom. The molecule has 2 atom stereocenters. The molecule has 0 aliphatic heterocycles. The topological polar surface area (TPSA) is 97.6 Å². The minimum atomic E-state index is -1.06. The molecule has 1 unspecified atom stereocenters. The van der Waals surface area contributed by atoms with Crippen molar-refractivity contribution in [2.45, 2.75) is 78.0 Å². The van der Waals surface area contributed by atoms with Crippen molar-refractivity contribution in [3.63, 3.8) is 0 Å². The van der Waals surface area contributed by atoms with Crippen LogP contribution in [0.4, 0.5) is 0 Å². The number of aromatic nitrogens is 1. The normalized spacial score (nSPS) is 12.7. The Balaban J connectivity index is 1.98. The molecule has 1 amide bonds. The second kappa shape index (κ2) is 14.4. The number of carboxylic acids is 1. The van der Waals surface area contributed by atoms with E-state index in [4.69, 9.17) is 27.9 Å². The van der Waals surface area contributed by atoms with Crippen molar-refractivity contribution in [3.05, 3.63) is 97.4 Å². The lowest BCUT2D eigenvalue weighted by Crippen LogP contribution is -2.40. The smallest absolute Gasteiger partial charge is 0.305 e. The fourth-order valence-electron chi connectivity index (χ4n) is 4.63. The molecule has 3 aromatic rings. The van der Waals surface area contributed by atoms with Gasteiger partial charge in [0.15, 0.2) is 0 Å². The summed E-state index contributed by atoms with van der Waals surface area (Å²) in [4.78, 5) is 39.2. The maximum atomic E-state index is 13.8. The highest BCUT2D eigenvalue weighted by molar-refractivity contribution is 6.42. The maximum Gasteiger partial charge on any atom is 0.305 e. The van der Waals surface area contributed by atoms with Crippen LogP contribution < -0.4 is 15.6 Å². The van der Waals surface area contributed by atoms with Gasteiger partial charge in [0.25, 0.3) is 5.56 Å². The summed E-state index contributed by atoms with van der Waals surface area (Å²) in [7, 11) is 0. The van der Waals surface area contributed by atoms with Gasteiger partial charge in [-0.1, -0.05) is 67.2 Å². The number of hydrogen-bond acceptors (Lipinski definition) is 4. The van der Waals surface area contributed by atoms with Gasteiger partial charge < -0.3 is 19.7 Å². The molecule has 1 heterocycles. The van der Waals surface area contributed by atoms with Crippen LogP contribution in [0.2, 0.25) is 10.0 Å². The van der Waals surface area contributed by atoms with Crippen LogP contribution in [0.15, 0.2) is 59.5 Å². The molecule has 0 radical (unpaired) electrons. The van der Waals surface area contributed by atoms with E-state index in [2.05, 4.69) is 5.32 Å². The van der Waals surface area contributed by atoms with E-state index in [1.54, 1.807) is 48.7 Å². The van der Waals surface area contributed by atoms with Gasteiger partial charge in [0.1, 0.15) is 11.8 Å². The van der Waals surface area contributed by atoms with Crippen LogP contribution in [0.3, 0.4) is 0 Å². The molecule has 214 valence electrons. The van der Waals surface area contributed by atoms with Crippen LogP contribution in [-0.4, -0.2) is 27.7 Å². The molecule has 0 fully saturated rings. The second-order valence-electron chi connectivity index (χ2n) is 10.2. The predicted molar refractivity (Wildman–Crippen MR) is 159 cm³/mol. The first-order valence-electron chi connectivity index (χ1n) is 13.4. The minimum Gasteiger partial charge on any atom is -0.491 e.